The Balaban J connectivity index is 2.29. The van der Waals surface area contributed by atoms with Gasteiger partial charge in [-0.05, 0) is 39.7 Å². The highest BCUT2D eigenvalue weighted by molar-refractivity contribution is 9.10. The molecule has 0 N–H and O–H groups in total. The molecule has 0 bridgehead atoms. The highest BCUT2D eigenvalue weighted by Gasteiger charge is 2.30. The molecule has 0 aromatic heterocycles. The molecular weight excluding hydrogens is 349 g/mol. The zero-order valence-electron chi connectivity index (χ0n) is 9.73. The van der Waals surface area contributed by atoms with E-state index in [9.17, 15) is 9.18 Å². The minimum Gasteiger partial charge on any atom is -0.289 e. The number of carbonyl (C=O) groups is 1. The summed E-state index contributed by atoms with van der Waals surface area (Å²) in [5, 5.41) is 0. The van der Waals surface area contributed by atoms with Gasteiger partial charge in [0.05, 0.1) is 9.38 Å². The molecule has 1 saturated heterocycles. The van der Waals surface area contributed by atoms with Gasteiger partial charge in [0.2, 0.25) is 0 Å². The van der Waals surface area contributed by atoms with Crippen LogP contribution in [0.1, 0.15) is 5.56 Å². The van der Waals surface area contributed by atoms with Crippen LogP contribution in [-0.4, -0.2) is 21.7 Å². The van der Waals surface area contributed by atoms with Crippen molar-refractivity contribution in [1.82, 2.24) is 4.90 Å². The van der Waals surface area contributed by atoms with E-state index in [4.69, 9.17) is 12.2 Å². The third-order valence-electron chi connectivity index (χ3n) is 2.43. The summed E-state index contributed by atoms with van der Waals surface area (Å²) < 4.78 is 14.0. The van der Waals surface area contributed by atoms with Gasteiger partial charge in [0, 0.05) is 6.54 Å². The molecule has 0 atom stereocenters. The van der Waals surface area contributed by atoms with Gasteiger partial charge in [-0.15, -0.1) is 6.58 Å². The predicted octanol–water partition coefficient (Wildman–Crippen LogP) is 3.98. The van der Waals surface area contributed by atoms with Crippen molar-refractivity contribution in [2.24, 2.45) is 0 Å². The number of benzene rings is 1. The first-order valence-electron chi connectivity index (χ1n) is 5.34. The molecule has 2 rings (SSSR count). The maximum Gasteiger partial charge on any atom is 0.266 e. The molecule has 6 heteroatoms. The lowest BCUT2D eigenvalue weighted by Crippen LogP contribution is -2.27. The normalized spacial score (nSPS) is 17.4. The second-order valence-corrected chi connectivity index (χ2v) is 6.28. The van der Waals surface area contributed by atoms with Crippen LogP contribution >= 0.6 is 39.9 Å². The smallest absolute Gasteiger partial charge is 0.266 e. The van der Waals surface area contributed by atoms with Crippen LogP contribution in [0.4, 0.5) is 4.39 Å². The van der Waals surface area contributed by atoms with E-state index in [1.165, 1.54) is 22.7 Å². The molecule has 98 valence electrons. The number of rotatable bonds is 3. The van der Waals surface area contributed by atoms with E-state index in [-0.39, 0.29) is 11.7 Å². The van der Waals surface area contributed by atoms with Crippen molar-refractivity contribution in [3.63, 3.8) is 0 Å². The van der Waals surface area contributed by atoms with Crippen molar-refractivity contribution in [2.75, 3.05) is 6.54 Å². The molecule has 1 aliphatic rings. The number of carbonyl (C=O) groups excluding carboxylic acids is 1. The molecule has 0 saturated carbocycles. The maximum atomic E-state index is 13.1. The number of thiocarbonyl (C=S) groups is 1. The molecule has 1 aliphatic heterocycles. The van der Waals surface area contributed by atoms with Gasteiger partial charge in [-0.3, -0.25) is 9.69 Å². The van der Waals surface area contributed by atoms with Crippen LogP contribution in [0.25, 0.3) is 6.08 Å². The average Bonchev–Trinajstić information content (AvgIpc) is 2.62. The SMILES string of the molecule is C=CCN1C(=O)/C(=C/c2ccc(F)c(Br)c2)SC1=S. The van der Waals surface area contributed by atoms with Gasteiger partial charge in [0.15, 0.2) is 0 Å². The van der Waals surface area contributed by atoms with E-state index in [0.717, 1.165) is 5.56 Å². The van der Waals surface area contributed by atoms with Crippen LogP contribution in [-0.2, 0) is 4.79 Å². The fraction of sp³-hybridized carbons (Fsp3) is 0.0769. The van der Waals surface area contributed by atoms with Crippen molar-refractivity contribution in [2.45, 2.75) is 0 Å². The van der Waals surface area contributed by atoms with E-state index in [1.54, 1.807) is 24.3 Å². The van der Waals surface area contributed by atoms with Gasteiger partial charge >= 0.3 is 0 Å². The summed E-state index contributed by atoms with van der Waals surface area (Å²) in [5.41, 5.74) is 0.743. The van der Waals surface area contributed by atoms with Crippen LogP contribution in [0.3, 0.4) is 0 Å². The van der Waals surface area contributed by atoms with Crippen LogP contribution in [0.2, 0.25) is 0 Å². The number of nitrogens with zero attached hydrogens (tertiary/aromatic N) is 1. The zero-order valence-corrected chi connectivity index (χ0v) is 12.9. The van der Waals surface area contributed by atoms with Gasteiger partial charge in [0.25, 0.3) is 5.91 Å². The number of halogens is 2. The van der Waals surface area contributed by atoms with Crippen molar-refractivity contribution in [1.29, 1.82) is 0 Å². The highest BCUT2D eigenvalue weighted by atomic mass is 79.9. The van der Waals surface area contributed by atoms with Crippen molar-refractivity contribution < 1.29 is 9.18 Å². The number of amides is 1. The fourth-order valence-electron chi connectivity index (χ4n) is 1.54. The lowest BCUT2D eigenvalue weighted by Gasteiger charge is -2.10. The first-order chi connectivity index (χ1) is 9.02. The monoisotopic (exact) mass is 357 g/mol. The summed E-state index contributed by atoms with van der Waals surface area (Å²) in [7, 11) is 0. The van der Waals surface area contributed by atoms with Gasteiger partial charge in [0.1, 0.15) is 10.1 Å². The maximum absolute atomic E-state index is 13.1. The second-order valence-electron chi connectivity index (χ2n) is 3.75. The third kappa shape index (κ3) is 3.13. The Hall–Kier alpha value is -0.980. The van der Waals surface area contributed by atoms with E-state index in [2.05, 4.69) is 22.5 Å². The van der Waals surface area contributed by atoms with Gasteiger partial charge in [-0.2, -0.15) is 0 Å². The Kier molecular flexibility index (Phi) is 4.54. The molecule has 0 aliphatic carbocycles. The molecule has 19 heavy (non-hydrogen) atoms. The molecule has 0 radical (unpaired) electrons. The summed E-state index contributed by atoms with van der Waals surface area (Å²) in [6, 6.07) is 4.58. The summed E-state index contributed by atoms with van der Waals surface area (Å²) in [6.45, 7) is 3.99. The van der Waals surface area contributed by atoms with E-state index in [1.807, 2.05) is 0 Å². The lowest BCUT2D eigenvalue weighted by atomic mass is 10.2. The van der Waals surface area contributed by atoms with Crippen LogP contribution in [0.5, 0.6) is 0 Å². The van der Waals surface area contributed by atoms with Gasteiger partial charge < -0.3 is 0 Å². The molecule has 1 aromatic carbocycles. The summed E-state index contributed by atoms with van der Waals surface area (Å²) in [6.07, 6.45) is 3.33. The lowest BCUT2D eigenvalue weighted by molar-refractivity contribution is -0.121. The van der Waals surface area contributed by atoms with E-state index < -0.39 is 0 Å². The van der Waals surface area contributed by atoms with E-state index >= 15 is 0 Å². The number of thioether (sulfide) groups is 1. The molecule has 1 aromatic rings. The van der Waals surface area contributed by atoms with Gasteiger partial charge in [-0.1, -0.05) is 36.1 Å². The minimum absolute atomic E-state index is 0.143. The molecule has 2 nitrogen and oxygen atoms in total. The Labute approximate surface area is 128 Å². The fourth-order valence-corrected chi connectivity index (χ4v) is 3.21. The van der Waals surface area contributed by atoms with Gasteiger partial charge in [-0.25, -0.2) is 4.39 Å². The van der Waals surface area contributed by atoms with Crippen molar-refractivity contribution in [3.05, 3.63) is 51.6 Å². The number of hydrogen-bond acceptors (Lipinski definition) is 3. The van der Waals surface area contributed by atoms with Crippen molar-refractivity contribution in [3.8, 4) is 0 Å². The first-order valence-corrected chi connectivity index (χ1v) is 7.36. The van der Waals surface area contributed by atoms with E-state index in [0.29, 0.717) is 20.2 Å². The average molecular weight is 358 g/mol. The quantitative estimate of drug-likeness (QED) is 0.463. The second kappa shape index (κ2) is 5.98. The Bertz CT molecular complexity index is 600. The Morgan fingerprint density at radius 2 is 2.26 bits per heavy atom. The first kappa shape index (κ1) is 14.4. The minimum atomic E-state index is -0.337. The van der Waals surface area contributed by atoms with Crippen LogP contribution < -0.4 is 0 Å². The van der Waals surface area contributed by atoms with Crippen LogP contribution in [0.15, 0.2) is 40.2 Å². The predicted molar refractivity (Wildman–Crippen MR) is 84.2 cm³/mol. The molecule has 1 heterocycles. The molecule has 0 unspecified atom stereocenters. The number of hydrogen-bond donors (Lipinski definition) is 0. The third-order valence-corrected chi connectivity index (χ3v) is 4.41. The summed E-state index contributed by atoms with van der Waals surface area (Å²) in [4.78, 5) is 14.1. The molecular formula is C13H9BrFNOS2. The highest BCUT2D eigenvalue weighted by Crippen LogP contribution is 2.32. The topological polar surface area (TPSA) is 20.3 Å². The molecule has 1 fully saturated rings. The summed E-state index contributed by atoms with van der Waals surface area (Å²) >= 11 is 9.49. The largest absolute Gasteiger partial charge is 0.289 e. The standard InChI is InChI=1S/C13H9BrFNOS2/c1-2-5-16-12(17)11(19-13(16)18)7-8-3-4-10(15)9(14)6-8/h2-4,6-7H,1,5H2/b11-7-. The summed E-state index contributed by atoms with van der Waals surface area (Å²) in [5.74, 6) is -0.480. The molecule has 0 spiro atoms. The van der Waals surface area contributed by atoms with Crippen LogP contribution in [0, 0.1) is 5.82 Å². The van der Waals surface area contributed by atoms with Crippen molar-refractivity contribution >= 4 is 56.2 Å². The Morgan fingerprint density at radius 3 is 2.89 bits per heavy atom. The molecule has 1 amide bonds. The zero-order chi connectivity index (χ0) is 14.0. The Morgan fingerprint density at radius 1 is 1.53 bits per heavy atom.